The third-order valence-electron chi connectivity index (χ3n) is 5.02. The molecule has 3 saturated heterocycles. The van der Waals surface area contributed by atoms with Gasteiger partial charge < -0.3 is 15.5 Å². The molecule has 0 saturated carbocycles. The van der Waals surface area contributed by atoms with Gasteiger partial charge in [0.05, 0.1) is 5.92 Å². The average Bonchev–Trinajstić information content (AvgIpc) is 2.96. The lowest BCUT2D eigenvalue weighted by Crippen LogP contribution is -2.49. The van der Waals surface area contributed by atoms with E-state index in [1.807, 2.05) is 0 Å². The second-order valence-corrected chi connectivity index (χ2v) is 6.30. The molecule has 3 rings (SSSR count). The number of nitrogens with zero attached hydrogens (tertiary/aromatic N) is 1. The van der Waals surface area contributed by atoms with E-state index < -0.39 is 0 Å². The van der Waals surface area contributed by atoms with Crippen LogP contribution in [0.4, 0.5) is 0 Å². The zero-order valence-corrected chi connectivity index (χ0v) is 11.3. The molecule has 4 nitrogen and oxygen atoms in total. The first kappa shape index (κ1) is 12.4. The Bertz CT molecular complexity index is 320. The van der Waals surface area contributed by atoms with Crippen molar-refractivity contribution in [2.24, 2.45) is 11.8 Å². The normalized spacial score (nSPS) is 40.7. The second-order valence-electron chi connectivity index (χ2n) is 6.30. The van der Waals surface area contributed by atoms with Crippen LogP contribution in [0.15, 0.2) is 0 Å². The number of hydrogen-bond donors (Lipinski definition) is 2. The molecule has 3 aliphatic heterocycles. The van der Waals surface area contributed by atoms with Gasteiger partial charge in [0, 0.05) is 25.2 Å². The van der Waals surface area contributed by atoms with Gasteiger partial charge in [-0.15, -0.1) is 0 Å². The van der Waals surface area contributed by atoms with E-state index in [0.717, 1.165) is 25.6 Å². The fourth-order valence-electron chi connectivity index (χ4n) is 3.82. The minimum Gasteiger partial charge on any atom is -0.353 e. The van der Waals surface area contributed by atoms with Crippen molar-refractivity contribution >= 4 is 5.91 Å². The monoisotopic (exact) mass is 251 g/mol. The number of hydrogen-bond acceptors (Lipinski definition) is 3. The zero-order chi connectivity index (χ0) is 12.5. The molecule has 2 unspecified atom stereocenters. The highest BCUT2D eigenvalue weighted by Gasteiger charge is 2.35. The van der Waals surface area contributed by atoms with Crippen LogP contribution in [0.2, 0.25) is 0 Å². The number of carbonyl (C=O) groups is 1. The van der Waals surface area contributed by atoms with Gasteiger partial charge in [-0.1, -0.05) is 6.92 Å². The smallest absolute Gasteiger partial charge is 0.224 e. The standard InChI is InChI=1S/C14H25N3O/c1-10-8-15-9-13(10)14(18)16-11-4-6-17-5-2-3-12(17)7-11/h10-13,15H,2-9H2,1H3,(H,16,18)/t10-,11?,12?,13-/m1/s1. The van der Waals surface area contributed by atoms with Crippen molar-refractivity contribution in [2.75, 3.05) is 26.2 Å². The number of rotatable bonds is 2. The lowest BCUT2D eigenvalue weighted by atomic mass is 9.94. The van der Waals surface area contributed by atoms with Crippen LogP contribution in [0.5, 0.6) is 0 Å². The van der Waals surface area contributed by atoms with E-state index in [-0.39, 0.29) is 11.8 Å². The molecule has 0 radical (unpaired) electrons. The molecule has 4 atom stereocenters. The molecule has 0 spiro atoms. The quantitative estimate of drug-likeness (QED) is 0.755. The molecule has 3 aliphatic rings. The summed E-state index contributed by atoms with van der Waals surface area (Å²) in [7, 11) is 0. The van der Waals surface area contributed by atoms with Crippen molar-refractivity contribution in [3.8, 4) is 0 Å². The Balaban J connectivity index is 1.52. The molecule has 0 aliphatic carbocycles. The van der Waals surface area contributed by atoms with Gasteiger partial charge in [0.1, 0.15) is 0 Å². The molecule has 0 aromatic carbocycles. The van der Waals surface area contributed by atoms with E-state index in [4.69, 9.17) is 0 Å². The van der Waals surface area contributed by atoms with Gasteiger partial charge in [0.15, 0.2) is 0 Å². The Morgan fingerprint density at radius 1 is 1.28 bits per heavy atom. The molecular formula is C14H25N3O. The molecule has 18 heavy (non-hydrogen) atoms. The summed E-state index contributed by atoms with van der Waals surface area (Å²) >= 11 is 0. The topological polar surface area (TPSA) is 44.4 Å². The van der Waals surface area contributed by atoms with Gasteiger partial charge in [-0.2, -0.15) is 0 Å². The van der Waals surface area contributed by atoms with Crippen molar-refractivity contribution in [3.63, 3.8) is 0 Å². The van der Waals surface area contributed by atoms with Gasteiger partial charge in [-0.05, 0) is 44.7 Å². The largest absolute Gasteiger partial charge is 0.353 e. The summed E-state index contributed by atoms with van der Waals surface area (Å²) < 4.78 is 0. The van der Waals surface area contributed by atoms with Crippen LogP contribution in [0.3, 0.4) is 0 Å². The number of amides is 1. The maximum Gasteiger partial charge on any atom is 0.224 e. The fourth-order valence-corrected chi connectivity index (χ4v) is 3.82. The molecular weight excluding hydrogens is 226 g/mol. The first-order chi connectivity index (χ1) is 8.74. The third kappa shape index (κ3) is 2.41. The van der Waals surface area contributed by atoms with E-state index in [1.54, 1.807) is 0 Å². The van der Waals surface area contributed by atoms with E-state index in [1.165, 1.54) is 32.4 Å². The molecule has 2 N–H and O–H groups in total. The van der Waals surface area contributed by atoms with Crippen LogP contribution in [0.1, 0.15) is 32.6 Å². The first-order valence-corrected chi connectivity index (χ1v) is 7.49. The Hall–Kier alpha value is -0.610. The minimum atomic E-state index is 0.187. The van der Waals surface area contributed by atoms with Crippen molar-refractivity contribution in [2.45, 2.75) is 44.7 Å². The summed E-state index contributed by atoms with van der Waals surface area (Å²) in [4.78, 5) is 14.9. The van der Waals surface area contributed by atoms with Crippen LogP contribution < -0.4 is 10.6 Å². The van der Waals surface area contributed by atoms with Gasteiger partial charge in [0.25, 0.3) is 0 Å². The Kier molecular flexibility index (Phi) is 3.57. The highest BCUT2D eigenvalue weighted by atomic mass is 16.2. The summed E-state index contributed by atoms with van der Waals surface area (Å²) in [6.07, 6.45) is 4.97. The lowest BCUT2D eigenvalue weighted by molar-refractivity contribution is -0.126. The molecule has 0 aromatic rings. The summed E-state index contributed by atoms with van der Waals surface area (Å²) in [5.41, 5.74) is 0. The van der Waals surface area contributed by atoms with Gasteiger partial charge >= 0.3 is 0 Å². The fraction of sp³-hybridized carbons (Fsp3) is 0.929. The van der Waals surface area contributed by atoms with Crippen LogP contribution >= 0.6 is 0 Å². The van der Waals surface area contributed by atoms with Gasteiger partial charge in [-0.3, -0.25) is 4.79 Å². The van der Waals surface area contributed by atoms with E-state index >= 15 is 0 Å². The second kappa shape index (κ2) is 5.17. The summed E-state index contributed by atoms with van der Waals surface area (Å²) in [6.45, 7) is 6.46. The predicted molar refractivity (Wildman–Crippen MR) is 71.3 cm³/mol. The SMILES string of the molecule is C[C@@H]1CNC[C@H]1C(=O)NC1CCN2CCCC2C1. The molecule has 0 bridgehead atoms. The van der Waals surface area contributed by atoms with E-state index in [0.29, 0.717) is 12.0 Å². The predicted octanol–water partition coefficient (Wildman–Crippen LogP) is 0.585. The molecule has 3 heterocycles. The average molecular weight is 251 g/mol. The maximum atomic E-state index is 12.3. The summed E-state index contributed by atoms with van der Waals surface area (Å²) in [5, 5.41) is 6.61. The minimum absolute atomic E-state index is 0.187. The summed E-state index contributed by atoms with van der Waals surface area (Å²) in [5.74, 6) is 0.951. The van der Waals surface area contributed by atoms with Crippen LogP contribution in [-0.2, 0) is 4.79 Å². The Labute approximate surface area is 109 Å². The number of carbonyl (C=O) groups excluding carboxylic acids is 1. The lowest BCUT2D eigenvalue weighted by Gasteiger charge is -2.35. The van der Waals surface area contributed by atoms with Crippen molar-refractivity contribution in [1.29, 1.82) is 0 Å². The molecule has 3 fully saturated rings. The molecule has 1 amide bonds. The Morgan fingerprint density at radius 2 is 2.17 bits per heavy atom. The third-order valence-corrected chi connectivity index (χ3v) is 5.02. The van der Waals surface area contributed by atoms with Crippen molar-refractivity contribution < 1.29 is 4.79 Å². The van der Waals surface area contributed by atoms with Crippen LogP contribution in [-0.4, -0.2) is 49.1 Å². The highest BCUT2D eigenvalue weighted by molar-refractivity contribution is 5.79. The van der Waals surface area contributed by atoms with Crippen LogP contribution in [0, 0.1) is 11.8 Å². The van der Waals surface area contributed by atoms with Gasteiger partial charge in [-0.25, -0.2) is 0 Å². The van der Waals surface area contributed by atoms with E-state index in [9.17, 15) is 4.79 Å². The number of piperidine rings is 1. The highest BCUT2D eigenvalue weighted by Crippen LogP contribution is 2.27. The zero-order valence-electron chi connectivity index (χ0n) is 11.3. The number of fused-ring (bicyclic) bond motifs is 1. The van der Waals surface area contributed by atoms with Crippen LogP contribution in [0.25, 0.3) is 0 Å². The summed E-state index contributed by atoms with van der Waals surface area (Å²) in [6, 6.07) is 1.16. The molecule has 4 heteroatoms. The van der Waals surface area contributed by atoms with Gasteiger partial charge in [0.2, 0.25) is 5.91 Å². The molecule has 0 aromatic heterocycles. The van der Waals surface area contributed by atoms with Crippen molar-refractivity contribution in [3.05, 3.63) is 0 Å². The Morgan fingerprint density at radius 3 is 2.94 bits per heavy atom. The maximum absolute atomic E-state index is 12.3. The van der Waals surface area contributed by atoms with E-state index in [2.05, 4.69) is 22.5 Å². The number of nitrogens with one attached hydrogen (secondary N) is 2. The molecule has 102 valence electrons. The van der Waals surface area contributed by atoms with Crippen molar-refractivity contribution in [1.82, 2.24) is 15.5 Å². The first-order valence-electron chi connectivity index (χ1n) is 7.49.